The Balaban J connectivity index is 1.83. The van der Waals surface area contributed by atoms with Crippen LogP contribution in [0.1, 0.15) is 37.8 Å². The Bertz CT molecular complexity index is 1090. The maximum atomic E-state index is 12.6. The number of carbonyl (C=O) groups is 2. The average Bonchev–Trinajstić information content (AvgIpc) is 3.15. The molecular formula is C22H22Cl2N4O3. The highest BCUT2D eigenvalue weighted by atomic mass is 35.5. The van der Waals surface area contributed by atoms with E-state index in [0.29, 0.717) is 27.0 Å². The number of pyridine rings is 1. The first-order valence-electron chi connectivity index (χ1n) is 9.60. The molecule has 0 bridgehead atoms. The Morgan fingerprint density at radius 1 is 1.06 bits per heavy atom. The van der Waals surface area contributed by atoms with Crippen molar-refractivity contribution >= 4 is 35.1 Å². The Morgan fingerprint density at radius 2 is 1.77 bits per heavy atom. The summed E-state index contributed by atoms with van der Waals surface area (Å²) in [5, 5.41) is 3.49. The lowest BCUT2D eigenvalue weighted by Crippen LogP contribution is -2.30. The van der Waals surface area contributed by atoms with Crippen molar-refractivity contribution in [3.63, 3.8) is 0 Å². The van der Waals surface area contributed by atoms with E-state index in [0.717, 1.165) is 5.56 Å². The highest BCUT2D eigenvalue weighted by molar-refractivity contribution is 6.42. The van der Waals surface area contributed by atoms with Gasteiger partial charge in [0.1, 0.15) is 5.60 Å². The number of imidazole rings is 1. The quantitative estimate of drug-likeness (QED) is 0.509. The smallest absolute Gasteiger partial charge is 0.308 e. The molecule has 162 valence electrons. The number of carbonyl (C=O) groups excluding carboxylic acids is 2. The van der Waals surface area contributed by atoms with Gasteiger partial charge in [0.2, 0.25) is 0 Å². The normalized spacial score (nSPS) is 11.3. The minimum Gasteiger partial charge on any atom is -0.460 e. The zero-order valence-electron chi connectivity index (χ0n) is 17.3. The molecular weight excluding hydrogens is 439 g/mol. The first kappa shape index (κ1) is 22.8. The van der Waals surface area contributed by atoms with E-state index in [9.17, 15) is 9.59 Å². The number of benzene rings is 1. The molecule has 0 aliphatic carbocycles. The third kappa shape index (κ3) is 6.06. The molecule has 0 atom stereocenters. The number of rotatable bonds is 6. The fourth-order valence-electron chi connectivity index (χ4n) is 2.81. The first-order valence-corrected chi connectivity index (χ1v) is 10.4. The lowest BCUT2D eigenvalue weighted by molar-refractivity contribution is -0.154. The minimum absolute atomic E-state index is 0.0561. The van der Waals surface area contributed by atoms with Crippen molar-refractivity contribution in [2.24, 2.45) is 0 Å². The molecule has 2 heterocycles. The number of halogens is 2. The molecule has 0 fully saturated rings. The van der Waals surface area contributed by atoms with E-state index in [4.69, 9.17) is 27.9 Å². The molecule has 31 heavy (non-hydrogen) atoms. The van der Waals surface area contributed by atoms with Gasteiger partial charge in [0.05, 0.1) is 27.9 Å². The molecule has 0 saturated heterocycles. The highest BCUT2D eigenvalue weighted by Crippen LogP contribution is 2.33. The van der Waals surface area contributed by atoms with Gasteiger partial charge in [0.25, 0.3) is 5.91 Å². The number of aromatic nitrogens is 3. The predicted octanol–water partition coefficient (Wildman–Crippen LogP) is 4.91. The maximum absolute atomic E-state index is 12.6. The standard InChI is InChI=1S/C22H22Cl2N4O3/c1-22(2,3)31-17(29)8-11-26-21(30)20-27-18(13-6-9-25-10-7-13)19(28-20)14-4-5-15(23)16(24)12-14/h4-7,9-10,12H,8,11H2,1-3H3,(H,26,30)(H,27,28). The maximum Gasteiger partial charge on any atom is 0.308 e. The van der Waals surface area contributed by atoms with Gasteiger partial charge in [-0.2, -0.15) is 0 Å². The number of nitrogens with one attached hydrogen (secondary N) is 2. The molecule has 9 heteroatoms. The Labute approximate surface area is 190 Å². The molecule has 0 unspecified atom stereocenters. The second-order valence-electron chi connectivity index (χ2n) is 7.77. The molecule has 0 aliphatic rings. The third-order valence-electron chi connectivity index (χ3n) is 4.12. The molecule has 1 amide bonds. The Morgan fingerprint density at radius 3 is 2.42 bits per heavy atom. The number of hydrogen-bond acceptors (Lipinski definition) is 5. The van der Waals surface area contributed by atoms with Crippen LogP contribution < -0.4 is 5.32 Å². The van der Waals surface area contributed by atoms with Gasteiger partial charge in [0, 0.05) is 30.1 Å². The topological polar surface area (TPSA) is 97.0 Å². The number of ether oxygens (including phenoxy) is 1. The molecule has 1 aromatic carbocycles. The van der Waals surface area contributed by atoms with Gasteiger partial charge in [-0.15, -0.1) is 0 Å². The van der Waals surface area contributed by atoms with Crippen LogP contribution in [0.5, 0.6) is 0 Å². The van der Waals surface area contributed by atoms with Gasteiger partial charge < -0.3 is 15.0 Å². The monoisotopic (exact) mass is 460 g/mol. The number of amides is 1. The van der Waals surface area contributed by atoms with Gasteiger partial charge in [0.15, 0.2) is 5.82 Å². The fourth-order valence-corrected chi connectivity index (χ4v) is 3.11. The molecule has 3 aromatic rings. The highest BCUT2D eigenvalue weighted by Gasteiger charge is 2.20. The molecule has 2 N–H and O–H groups in total. The summed E-state index contributed by atoms with van der Waals surface area (Å²) in [5.74, 6) is -0.719. The van der Waals surface area contributed by atoms with Crippen LogP contribution in [0.15, 0.2) is 42.7 Å². The molecule has 2 aromatic heterocycles. The van der Waals surface area contributed by atoms with Crippen molar-refractivity contribution in [3.8, 4) is 22.5 Å². The summed E-state index contributed by atoms with van der Waals surface area (Å²) in [4.78, 5) is 36.1. The van der Waals surface area contributed by atoms with Gasteiger partial charge >= 0.3 is 5.97 Å². The summed E-state index contributed by atoms with van der Waals surface area (Å²) in [6, 6.07) is 8.75. The summed E-state index contributed by atoms with van der Waals surface area (Å²) < 4.78 is 5.24. The second-order valence-corrected chi connectivity index (χ2v) is 8.58. The van der Waals surface area contributed by atoms with Crippen molar-refractivity contribution in [1.29, 1.82) is 0 Å². The van der Waals surface area contributed by atoms with Gasteiger partial charge in [-0.25, -0.2) is 4.98 Å². The van der Waals surface area contributed by atoms with Crippen LogP contribution in [0.4, 0.5) is 0 Å². The van der Waals surface area contributed by atoms with Crippen LogP contribution in [-0.4, -0.2) is 39.0 Å². The van der Waals surface area contributed by atoms with Crippen molar-refractivity contribution in [2.75, 3.05) is 6.54 Å². The molecule has 0 aliphatic heterocycles. The van der Waals surface area contributed by atoms with Gasteiger partial charge in [-0.1, -0.05) is 29.3 Å². The second kappa shape index (κ2) is 9.49. The predicted molar refractivity (Wildman–Crippen MR) is 120 cm³/mol. The molecule has 0 saturated carbocycles. The first-order chi connectivity index (χ1) is 14.6. The van der Waals surface area contributed by atoms with E-state index >= 15 is 0 Å². The summed E-state index contributed by atoms with van der Waals surface area (Å²) in [7, 11) is 0. The van der Waals surface area contributed by atoms with Crippen LogP contribution in [0.25, 0.3) is 22.5 Å². The van der Waals surface area contributed by atoms with Crippen molar-refractivity contribution in [2.45, 2.75) is 32.8 Å². The van der Waals surface area contributed by atoms with E-state index in [1.54, 1.807) is 63.5 Å². The fraction of sp³-hybridized carbons (Fsp3) is 0.273. The molecule has 0 spiro atoms. The van der Waals surface area contributed by atoms with Crippen LogP contribution in [0.3, 0.4) is 0 Å². The molecule has 7 nitrogen and oxygen atoms in total. The summed E-state index contributed by atoms with van der Waals surface area (Å²) in [5.41, 5.74) is 2.11. The van der Waals surface area contributed by atoms with E-state index in [1.165, 1.54) is 0 Å². The SMILES string of the molecule is CC(C)(C)OC(=O)CCNC(=O)c1nc(-c2ccc(Cl)c(Cl)c2)c(-c2ccncc2)[nH]1. The third-order valence-corrected chi connectivity index (χ3v) is 4.85. The van der Waals surface area contributed by atoms with E-state index < -0.39 is 11.5 Å². The average molecular weight is 461 g/mol. The number of H-pyrrole nitrogens is 1. The van der Waals surface area contributed by atoms with E-state index in [-0.39, 0.29) is 24.8 Å². The summed E-state index contributed by atoms with van der Waals surface area (Å²) >= 11 is 12.2. The summed E-state index contributed by atoms with van der Waals surface area (Å²) in [6.45, 7) is 5.49. The zero-order valence-corrected chi connectivity index (χ0v) is 18.8. The Hall–Kier alpha value is -2.90. The lowest BCUT2D eigenvalue weighted by Gasteiger charge is -2.19. The molecule has 0 radical (unpaired) electrons. The van der Waals surface area contributed by atoms with Crippen molar-refractivity contribution in [3.05, 3.63) is 58.6 Å². The minimum atomic E-state index is -0.573. The lowest BCUT2D eigenvalue weighted by atomic mass is 10.1. The van der Waals surface area contributed by atoms with Crippen LogP contribution in [0, 0.1) is 0 Å². The van der Waals surface area contributed by atoms with Crippen LogP contribution in [-0.2, 0) is 9.53 Å². The van der Waals surface area contributed by atoms with Crippen LogP contribution in [0.2, 0.25) is 10.0 Å². The summed E-state index contributed by atoms with van der Waals surface area (Å²) in [6.07, 6.45) is 3.35. The number of hydrogen-bond donors (Lipinski definition) is 2. The number of aromatic amines is 1. The van der Waals surface area contributed by atoms with Crippen molar-refractivity contribution in [1.82, 2.24) is 20.3 Å². The van der Waals surface area contributed by atoms with Crippen molar-refractivity contribution < 1.29 is 14.3 Å². The van der Waals surface area contributed by atoms with E-state index in [1.807, 2.05) is 0 Å². The van der Waals surface area contributed by atoms with Gasteiger partial charge in [-0.05, 0) is 45.0 Å². The van der Waals surface area contributed by atoms with Crippen LogP contribution >= 0.6 is 23.2 Å². The Kier molecular flexibility index (Phi) is 6.97. The molecule has 3 rings (SSSR count). The largest absolute Gasteiger partial charge is 0.460 e. The van der Waals surface area contributed by atoms with Gasteiger partial charge in [-0.3, -0.25) is 14.6 Å². The number of esters is 1. The van der Waals surface area contributed by atoms with E-state index in [2.05, 4.69) is 20.3 Å². The number of nitrogens with zero attached hydrogens (tertiary/aromatic N) is 2. The zero-order chi connectivity index (χ0) is 22.6.